The lowest BCUT2D eigenvalue weighted by molar-refractivity contribution is 0.562. The lowest BCUT2D eigenvalue weighted by atomic mass is 10.2. The predicted molar refractivity (Wildman–Crippen MR) is 97.2 cm³/mol. The molecule has 0 aliphatic carbocycles. The van der Waals surface area contributed by atoms with Gasteiger partial charge in [-0.1, -0.05) is 6.07 Å². The number of hydrogen-bond acceptors (Lipinski definition) is 4. The van der Waals surface area contributed by atoms with E-state index in [0.29, 0.717) is 16.9 Å². The van der Waals surface area contributed by atoms with Crippen molar-refractivity contribution in [3.8, 4) is 0 Å². The molecule has 4 rings (SSSR count). The van der Waals surface area contributed by atoms with Crippen LogP contribution in [0.25, 0.3) is 11.0 Å². The second-order valence-electron chi connectivity index (χ2n) is 6.26. The number of nitrogens with two attached hydrogens (primary N) is 1. The number of nitrogens with zero attached hydrogens (tertiary/aromatic N) is 4. The van der Waals surface area contributed by atoms with Crippen molar-refractivity contribution in [2.45, 2.75) is 13.1 Å². The van der Waals surface area contributed by atoms with Crippen LogP contribution in [0, 0.1) is 17.5 Å². The zero-order valence-electron chi connectivity index (χ0n) is 14.4. The van der Waals surface area contributed by atoms with Gasteiger partial charge >= 0.3 is 0 Å². The number of anilines is 1. The van der Waals surface area contributed by atoms with E-state index in [0.717, 1.165) is 12.1 Å². The highest BCUT2D eigenvalue weighted by Gasteiger charge is 2.15. The van der Waals surface area contributed by atoms with Crippen LogP contribution >= 0.6 is 0 Å². The number of benzene rings is 2. The molecule has 6 nitrogen and oxygen atoms in total. The third kappa shape index (κ3) is 3.22. The van der Waals surface area contributed by atoms with E-state index in [1.54, 1.807) is 4.57 Å². The fraction of sp³-hybridized carbons (Fsp3) is 0.105. The highest BCUT2D eigenvalue weighted by atomic mass is 19.1. The number of halogens is 3. The summed E-state index contributed by atoms with van der Waals surface area (Å²) >= 11 is 0. The van der Waals surface area contributed by atoms with Gasteiger partial charge < -0.3 is 10.3 Å². The maximum absolute atomic E-state index is 14.2. The maximum atomic E-state index is 14.2. The molecule has 2 N–H and O–H groups in total. The Labute approximate surface area is 156 Å². The Kier molecular flexibility index (Phi) is 4.34. The highest BCUT2D eigenvalue weighted by molar-refractivity contribution is 5.76. The molecule has 0 aliphatic heterocycles. The largest absolute Gasteiger partial charge is 0.393 e. The van der Waals surface area contributed by atoms with Gasteiger partial charge in [-0.2, -0.15) is 0 Å². The number of fused-ring (bicyclic) bond motifs is 1. The zero-order valence-corrected chi connectivity index (χ0v) is 14.4. The minimum Gasteiger partial charge on any atom is -0.393 e. The molecule has 4 aromatic rings. The average molecular weight is 385 g/mol. The van der Waals surface area contributed by atoms with Crippen molar-refractivity contribution >= 4 is 16.7 Å². The van der Waals surface area contributed by atoms with Gasteiger partial charge in [-0.25, -0.2) is 23.1 Å². The molecule has 0 aliphatic rings. The summed E-state index contributed by atoms with van der Waals surface area (Å²) in [6.45, 7) is 0.0179. The first-order chi connectivity index (χ1) is 13.4. The molecule has 2 aromatic carbocycles. The molecule has 0 unspecified atom stereocenters. The molecule has 142 valence electrons. The smallest absolute Gasteiger partial charge is 0.276 e. The van der Waals surface area contributed by atoms with Crippen LogP contribution in [0.4, 0.5) is 18.9 Å². The van der Waals surface area contributed by atoms with Crippen LogP contribution in [0.1, 0.15) is 11.4 Å². The summed E-state index contributed by atoms with van der Waals surface area (Å²) in [6, 6.07) is 7.31. The molecule has 0 saturated carbocycles. The molecule has 0 amide bonds. The molecule has 2 aromatic heterocycles. The van der Waals surface area contributed by atoms with E-state index in [2.05, 4.69) is 9.97 Å². The van der Waals surface area contributed by atoms with E-state index >= 15 is 0 Å². The summed E-state index contributed by atoms with van der Waals surface area (Å²) in [5.41, 5.74) is 6.25. The van der Waals surface area contributed by atoms with E-state index < -0.39 is 23.0 Å². The number of nitrogen functional groups attached to an aromatic ring is 1. The third-order valence-corrected chi connectivity index (χ3v) is 4.37. The van der Waals surface area contributed by atoms with Gasteiger partial charge in [0.2, 0.25) is 0 Å². The van der Waals surface area contributed by atoms with Gasteiger partial charge in [0, 0.05) is 17.7 Å². The molecule has 0 bridgehead atoms. The van der Waals surface area contributed by atoms with Crippen molar-refractivity contribution in [3.05, 3.63) is 88.1 Å². The number of hydrogen-bond donors (Lipinski definition) is 1. The molecule has 0 spiro atoms. The van der Waals surface area contributed by atoms with Crippen LogP contribution < -0.4 is 11.3 Å². The first-order valence-electron chi connectivity index (χ1n) is 8.31. The quantitative estimate of drug-likeness (QED) is 0.586. The third-order valence-electron chi connectivity index (χ3n) is 4.37. The van der Waals surface area contributed by atoms with Gasteiger partial charge in [-0.3, -0.25) is 9.36 Å². The molecule has 9 heteroatoms. The number of rotatable bonds is 4. The standard InChI is InChI=1S/C19H14F3N5O/c20-12-2-1-11(14(22)5-12)8-27-17-4-3-13(21)6-16(17)25-18(27)9-26-10-24-7-15(23)19(26)28/h1-7,10H,8-9,23H2. The zero-order chi connectivity index (χ0) is 19.8. The van der Waals surface area contributed by atoms with E-state index in [1.807, 2.05) is 0 Å². The van der Waals surface area contributed by atoms with Crippen LogP contribution in [0.2, 0.25) is 0 Å². The van der Waals surface area contributed by atoms with Crippen molar-refractivity contribution < 1.29 is 13.2 Å². The fourth-order valence-corrected chi connectivity index (χ4v) is 3.00. The normalized spacial score (nSPS) is 11.2. The van der Waals surface area contributed by atoms with Crippen LogP contribution in [-0.2, 0) is 13.1 Å². The van der Waals surface area contributed by atoms with Crippen molar-refractivity contribution in [3.63, 3.8) is 0 Å². The molecule has 0 atom stereocenters. The Morgan fingerprint density at radius 1 is 1.00 bits per heavy atom. The number of imidazole rings is 1. The second-order valence-corrected chi connectivity index (χ2v) is 6.26. The van der Waals surface area contributed by atoms with E-state index in [-0.39, 0.29) is 24.3 Å². The Bertz CT molecular complexity index is 1250. The van der Waals surface area contributed by atoms with Gasteiger partial charge in [-0.15, -0.1) is 0 Å². The van der Waals surface area contributed by atoms with Crippen molar-refractivity contribution in [1.29, 1.82) is 0 Å². The minimum atomic E-state index is -0.710. The lowest BCUT2D eigenvalue weighted by Crippen LogP contribution is -2.25. The summed E-state index contributed by atoms with van der Waals surface area (Å²) < 4.78 is 43.9. The first kappa shape index (κ1) is 17.8. The SMILES string of the molecule is Nc1cncn(Cc2nc3cc(F)ccc3n2Cc2ccc(F)cc2F)c1=O. The predicted octanol–water partition coefficient (Wildman–Crippen LogP) is 2.69. The van der Waals surface area contributed by atoms with Gasteiger partial charge in [0.15, 0.2) is 0 Å². The Morgan fingerprint density at radius 2 is 1.75 bits per heavy atom. The van der Waals surface area contributed by atoms with Crippen LogP contribution in [0.3, 0.4) is 0 Å². The summed E-state index contributed by atoms with van der Waals surface area (Å²) in [7, 11) is 0. The minimum absolute atomic E-state index is 0.00398. The fourth-order valence-electron chi connectivity index (χ4n) is 3.00. The highest BCUT2D eigenvalue weighted by Crippen LogP contribution is 2.21. The molecular weight excluding hydrogens is 371 g/mol. The average Bonchev–Trinajstić information content (AvgIpc) is 2.97. The summed E-state index contributed by atoms with van der Waals surface area (Å²) in [5.74, 6) is -1.49. The monoisotopic (exact) mass is 385 g/mol. The molecule has 0 fully saturated rings. The second kappa shape index (κ2) is 6.84. The molecular formula is C19H14F3N5O. The van der Waals surface area contributed by atoms with Crippen LogP contribution in [0.5, 0.6) is 0 Å². The van der Waals surface area contributed by atoms with Crippen molar-refractivity contribution in [2.24, 2.45) is 0 Å². The molecule has 2 heterocycles. The molecule has 28 heavy (non-hydrogen) atoms. The van der Waals surface area contributed by atoms with Crippen molar-refractivity contribution in [2.75, 3.05) is 5.73 Å². The van der Waals surface area contributed by atoms with Gasteiger partial charge in [-0.05, 0) is 18.2 Å². The number of aromatic nitrogens is 4. The van der Waals surface area contributed by atoms with Gasteiger partial charge in [0.1, 0.15) is 29.0 Å². The summed E-state index contributed by atoms with van der Waals surface area (Å²) in [5, 5.41) is 0. The van der Waals surface area contributed by atoms with E-state index in [9.17, 15) is 18.0 Å². The Hall–Kier alpha value is -3.62. The Morgan fingerprint density at radius 3 is 2.54 bits per heavy atom. The maximum Gasteiger partial charge on any atom is 0.276 e. The Balaban J connectivity index is 1.84. The van der Waals surface area contributed by atoms with E-state index in [4.69, 9.17) is 5.73 Å². The van der Waals surface area contributed by atoms with Crippen LogP contribution in [-0.4, -0.2) is 19.1 Å². The van der Waals surface area contributed by atoms with E-state index in [1.165, 1.54) is 41.4 Å². The summed E-state index contributed by atoms with van der Waals surface area (Å²) in [6.07, 6.45) is 2.55. The van der Waals surface area contributed by atoms with Crippen molar-refractivity contribution in [1.82, 2.24) is 19.1 Å². The first-order valence-corrected chi connectivity index (χ1v) is 8.31. The topological polar surface area (TPSA) is 78.7 Å². The molecule has 0 saturated heterocycles. The summed E-state index contributed by atoms with van der Waals surface area (Å²) in [4.78, 5) is 20.5. The van der Waals surface area contributed by atoms with Crippen LogP contribution in [0.15, 0.2) is 53.7 Å². The molecule has 0 radical (unpaired) electrons. The van der Waals surface area contributed by atoms with Gasteiger partial charge in [0.25, 0.3) is 5.56 Å². The lowest BCUT2D eigenvalue weighted by Gasteiger charge is -2.11. The van der Waals surface area contributed by atoms with Gasteiger partial charge in [0.05, 0.1) is 36.6 Å².